The highest BCUT2D eigenvalue weighted by Gasteiger charge is 2.15. The molecule has 0 aliphatic heterocycles. The molecule has 0 aliphatic carbocycles. The molecule has 0 unspecified atom stereocenters. The lowest BCUT2D eigenvalue weighted by Crippen LogP contribution is -2.04. The van der Waals surface area contributed by atoms with Crippen LogP contribution in [0.1, 0.15) is 0 Å². The van der Waals surface area contributed by atoms with Crippen molar-refractivity contribution in [2.75, 3.05) is 0 Å². The van der Waals surface area contributed by atoms with Gasteiger partial charge in [0.05, 0.1) is 0 Å². The van der Waals surface area contributed by atoms with E-state index in [1.165, 1.54) is 36.7 Å². The summed E-state index contributed by atoms with van der Waals surface area (Å²) >= 11 is 0. The number of alkyl halides is 4. The third-order valence-electron chi connectivity index (χ3n) is 2.97. The second-order valence-electron chi connectivity index (χ2n) is 4.23. The molecule has 0 saturated heterocycles. The molecule has 2 aromatic heterocycles. The van der Waals surface area contributed by atoms with Gasteiger partial charge in [0.25, 0.3) is 0 Å². The largest absolute Gasteiger partial charge is 0.434 e. The van der Waals surface area contributed by atoms with E-state index >= 15 is 0 Å². The van der Waals surface area contributed by atoms with Crippen LogP contribution in [-0.2, 0) is 0 Å². The molecule has 2 heterocycles. The van der Waals surface area contributed by atoms with E-state index in [0.717, 1.165) is 0 Å². The van der Waals surface area contributed by atoms with E-state index in [9.17, 15) is 17.6 Å². The monoisotopic (exact) mass is 312 g/mol. The molecule has 3 rings (SSSR count). The molecular formula is C14H8F4N2O2. The van der Waals surface area contributed by atoms with Gasteiger partial charge in [0.15, 0.2) is 0 Å². The smallest absolute Gasteiger partial charge is 0.387 e. The quantitative estimate of drug-likeness (QED) is 0.540. The van der Waals surface area contributed by atoms with Crippen LogP contribution < -0.4 is 9.47 Å². The SMILES string of the molecule is FC(F)Oc1ccnc2c1ccc1c(OC(F)F)ccnc12. The average Bonchev–Trinajstić information content (AvgIpc) is 2.46. The molecule has 0 amide bonds. The Morgan fingerprint density at radius 2 is 1.09 bits per heavy atom. The summed E-state index contributed by atoms with van der Waals surface area (Å²) in [6.07, 6.45) is 2.56. The summed E-state index contributed by atoms with van der Waals surface area (Å²) in [5, 5.41) is 0.606. The summed E-state index contributed by atoms with van der Waals surface area (Å²) in [4.78, 5) is 8.13. The number of nitrogens with zero attached hydrogens (tertiary/aromatic N) is 2. The van der Waals surface area contributed by atoms with Crippen LogP contribution in [0.5, 0.6) is 11.5 Å². The zero-order valence-electron chi connectivity index (χ0n) is 10.8. The molecule has 0 saturated carbocycles. The number of hydrogen-bond acceptors (Lipinski definition) is 4. The lowest BCUT2D eigenvalue weighted by molar-refractivity contribution is -0.0495. The number of hydrogen-bond donors (Lipinski definition) is 0. The molecule has 0 spiro atoms. The molecule has 0 atom stereocenters. The lowest BCUT2D eigenvalue weighted by atomic mass is 10.1. The zero-order chi connectivity index (χ0) is 15.7. The number of rotatable bonds is 4. The van der Waals surface area contributed by atoms with E-state index in [1.807, 2.05) is 0 Å². The molecule has 4 nitrogen and oxygen atoms in total. The number of aromatic nitrogens is 2. The van der Waals surface area contributed by atoms with Gasteiger partial charge in [0.1, 0.15) is 22.5 Å². The Bertz CT molecular complexity index is 758. The van der Waals surface area contributed by atoms with E-state index in [1.54, 1.807) is 0 Å². The number of halogens is 4. The molecule has 0 N–H and O–H groups in total. The van der Waals surface area contributed by atoms with E-state index in [0.29, 0.717) is 10.8 Å². The molecule has 0 fully saturated rings. The van der Waals surface area contributed by atoms with Crippen LogP contribution in [0, 0.1) is 0 Å². The van der Waals surface area contributed by atoms with Crippen LogP contribution in [-0.4, -0.2) is 23.2 Å². The molecule has 22 heavy (non-hydrogen) atoms. The van der Waals surface area contributed by atoms with Crippen molar-refractivity contribution in [3.8, 4) is 11.5 Å². The van der Waals surface area contributed by atoms with Crippen molar-refractivity contribution in [3.63, 3.8) is 0 Å². The minimum atomic E-state index is -2.98. The van der Waals surface area contributed by atoms with Crippen molar-refractivity contribution < 1.29 is 27.0 Å². The maximum Gasteiger partial charge on any atom is 0.387 e. The van der Waals surface area contributed by atoms with Crippen LogP contribution in [0.2, 0.25) is 0 Å². The summed E-state index contributed by atoms with van der Waals surface area (Å²) in [6, 6.07) is 5.48. The summed E-state index contributed by atoms with van der Waals surface area (Å²) in [6.45, 7) is -5.97. The highest BCUT2D eigenvalue weighted by molar-refractivity contribution is 6.06. The van der Waals surface area contributed by atoms with Crippen molar-refractivity contribution in [3.05, 3.63) is 36.7 Å². The van der Waals surface area contributed by atoms with Gasteiger partial charge in [-0.25, -0.2) is 0 Å². The van der Waals surface area contributed by atoms with Gasteiger partial charge in [0, 0.05) is 23.2 Å². The Morgan fingerprint density at radius 3 is 1.45 bits per heavy atom. The van der Waals surface area contributed by atoms with Gasteiger partial charge in [-0.3, -0.25) is 9.97 Å². The summed E-state index contributed by atoms with van der Waals surface area (Å²) < 4.78 is 58.5. The van der Waals surface area contributed by atoms with Crippen LogP contribution in [0.25, 0.3) is 21.8 Å². The molecule has 8 heteroatoms. The minimum Gasteiger partial charge on any atom is -0.434 e. The second kappa shape index (κ2) is 5.63. The fourth-order valence-corrected chi connectivity index (χ4v) is 2.17. The number of ether oxygens (including phenoxy) is 2. The van der Waals surface area contributed by atoms with Gasteiger partial charge in [-0.2, -0.15) is 17.6 Å². The molecule has 0 aliphatic rings. The number of fused-ring (bicyclic) bond motifs is 3. The Balaban J connectivity index is 2.24. The van der Waals surface area contributed by atoms with Crippen LogP contribution >= 0.6 is 0 Å². The van der Waals surface area contributed by atoms with Crippen molar-refractivity contribution in [2.24, 2.45) is 0 Å². The normalized spacial score (nSPS) is 11.5. The number of pyridine rings is 2. The minimum absolute atomic E-state index is 0.0659. The Labute approximate surface area is 121 Å². The Morgan fingerprint density at radius 1 is 0.682 bits per heavy atom. The highest BCUT2D eigenvalue weighted by Crippen LogP contribution is 2.33. The summed E-state index contributed by atoms with van der Waals surface area (Å²) in [5.41, 5.74) is 0.519. The van der Waals surface area contributed by atoms with Gasteiger partial charge < -0.3 is 9.47 Å². The van der Waals surface area contributed by atoms with Crippen molar-refractivity contribution >= 4 is 21.8 Å². The van der Waals surface area contributed by atoms with Gasteiger partial charge in [-0.1, -0.05) is 0 Å². The molecule has 114 valence electrons. The van der Waals surface area contributed by atoms with Crippen LogP contribution in [0.15, 0.2) is 36.7 Å². The van der Waals surface area contributed by atoms with E-state index in [2.05, 4.69) is 19.4 Å². The maximum absolute atomic E-state index is 12.4. The first-order valence-corrected chi connectivity index (χ1v) is 6.12. The predicted octanol–water partition coefficient (Wildman–Crippen LogP) is 3.99. The standard InChI is InChI=1S/C14H8F4N2O2/c15-13(16)21-9-3-5-19-11-7(9)1-2-8-10(22-14(17)18)4-6-20-12(8)11/h1-6,13-14H. The predicted molar refractivity (Wildman–Crippen MR) is 70.3 cm³/mol. The molecular weight excluding hydrogens is 304 g/mol. The lowest BCUT2D eigenvalue weighted by Gasteiger charge is -2.11. The van der Waals surface area contributed by atoms with Crippen molar-refractivity contribution in [1.82, 2.24) is 9.97 Å². The topological polar surface area (TPSA) is 44.2 Å². The van der Waals surface area contributed by atoms with Crippen molar-refractivity contribution in [2.45, 2.75) is 13.2 Å². The fraction of sp³-hybridized carbons (Fsp3) is 0.143. The highest BCUT2D eigenvalue weighted by atomic mass is 19.3. The maximum atomic E-state index is 12.4. The van der Waals surface area contributed by atoms with Gasteiger partial charge in [-0.05, 0) is 24.3 Å². The molecule has 1 aromatic carbocycles. The van der Waals surface area contributed by atoms with Crippen LogP contribution in [0.4, 0.5) is 17.6 Å². The van der Waals surface area contributed by atoms with Crippen LogP contribution in [0.3, 0.4) is 0 Å². The zero-order valence-corrected chi connectivity index (χ0v) is 10.8. The molecule has 0 radical (unpaired) electrons. The van der Waals surface area contributed by atoms with E-state index in [4.69, 9.17) is 0 Å². The van der Waals surface area contributed by atoms with Crippen molar-refractivity contribution in [1.29, 1.82) is 0 Å². The average molecular weight is 312 g/mol. The van der Waals surface area contributed by atoms with Gasteiger partial charge in [0.2, 0.25) is 0 Å². The molecule has 3 aromatic rings. The van der Waals surface area contributed by atoms with Gasteiger partial charge >= 0.3 is 13.2 Å². The Kier molecular flexibility index (Phi) is 3.66. The van der Waals surface area contributed by atoms with E-state index in [-0.39, 0.29) is 22.5 Å². The first-order chi connectivity index (χ1) is 10.6. The summed E-state index contributed by atoms with van der Waals surface area (Å²) in [5.74, 6) is -0.132. The number of benzene rings is 1. The van der Waals surface area contributed by atoms with E-state index < -0.39 is 13.2 Å². The Hall–Kier alpha value is -2.64. The third kappa shape index (κ3) is 2.59. The third-order valence-corrected chi connectivity index (χ3v) is 2.97. The van der Waals surface area contributed by atoms with Gasteiger partial charge in [-0.15, -0.1) is 0 Å². The first kappa shape index (κ1) is 14.3. The molecule has 0 bridgehead atoms. The second-order valence-corrected chi connectivity index (χ2v) is 4.23. The fourth-order valence-electron chi connectivity index (χ4n) is 2.17. The first-order valence-electron chi connectivity index (χ1n) is 6.12. The summed E-state index contributed by atoms with van der Waals surface area (Å²) in [7, 11) is 0.